The van der Waals surface area contributed by atoms with Crippen molar-refractivity contribution in [2.24, 2.45) is 0 Å². The van der Waals surface area contributed by atoms with Crippen LogP contribution in [-0.4, -0.2) is 38.1 Å². The summed E-state index contributed by atoms with van der Waals surface area (Å²) in [6.07, 6.45) is 0. The second kappa shape index (κ2) is 10.3. The number of amides is 2. The van der Waals surface area contributed by atoms with Gasteiger partial charge in [0.25, 0.3) is 11.8 Å². The minimum absolute atomic E-state index is 0.138. The van der Waals surface area contributed by atoms with Crippen LogP contribution in [-0.2, 0) is 14.3 Å². The fourth-order valence-electron chi connectivity index (χ4n) is 2.37. The van der Waals surface area contributed by atoms with Crippen LogP contribution < -0.4 is 20.3 Å². The number of benzene rings is 2. The molecule has 0 aliphatic carbocycles. The third-order valence-electron chi connectivity index (χ3n) is 3.76. The lowest BCUT2D eigenvalue weighted by molar-refractivity contribution is -0.150. The molecule has 0 atom stereocenters. The first-order valence-corrected chi connectivity index (χ1v) is 8.96. The Labute approximate surface area is 173 Å². The zero-order valence-electron chi connectivity index (χ0n) is 16.2. The van der Waals surface area contributed by atoms with Crippen LogP contribution >= 0.6 is 11.6 Å². The fourth-order valence-corrected chi connectivity index (χ4v) is 2.55. The second-order valence-electron chi connectivity index (χ2n) is 6.07. The molecular weight excluding hydrogens is 400 g/mol. The van der Waals surface area contributed by atoms with Crippen LogP contribution in [0.5, 0.6) is 11.5 Å². The topological polar surface area (TPSA) is 103 Å². The number of halogens is 1. The number of hydrazine groups is 1. The Morgan fingerprint density at radius 2 is 1.69 bits per heavy atom. The lowest BCUT2D eigenvalue weighted by atomic mass is 10.1. The Morgan fingerprint density at radius 1 is 0.966 bits per heavy atom. The molecule has 0 aliphatic rings. The van der Waals surface area contributed by atoms with E-state index in [1.54, 1.807) is 12.1 Å². The molecule has 0 saturated carbocycles. The minimum Gasteiger partial charge on any atom is -0.496 e. The third-order valence-corrected chi connectivity index (χ3v) is 4.00. The Morgan fingerprint density at radius 3 is 2.38 bits per heavy atom. The van der Waals surface area contributed by atoms with Crippen LogP contribution in [0.15, 0.2) is 36.4 Å². The molecular formula is C20H21ClN2O6. The molecule has 154 valence electrons. The number of nitrogens with one attached hydrogen (secondary N) is 2. The van der Waals surface area contributed by atoms with Gasteiger partial charge in [0.1, 0.15) is 11.5 Å². The van der Waals surface area contributed by atoms with E-state index in [-0.39, 0.29) is 17.9 Å². The maximum Gasteiger partial charge on any atom is 0.344 e. The summed E-state index contributed by atoms with van der Waals surface area (Å²) in [7, 11) is 1.40. The number of methoxy groups -OCH3 is 1. The van der Waals surface area contributed by atoms with Crippen molar-refractivity contribution in [3.63, 3.8) is 0 Å². The summed E-state index contributed by atoms with van der Waals surface area (Å²) in [6.45, 7) is 2.88. The first-order valence-electron chi connectivity index (χ1n) is 8.58. The van der Waals surface area contributed by atoms with E-state index in [2.05, 4.69) is 10.9 Å². The highest BCUT2D eigenvalue weighted by Gasteiger charge is 2.15. The quantitative estimate of drug-likeness (QED) is 0.526. The number of rotatable bonds is 7. The van der Waals surface area contributed by atoms with Gasteiger partial charge in [0.05, 0.1) is 12.7 Å². The SMILES string of the molecule is COc1ccc(Cl)cc1C(=O)NNC(=O)COC(=O)COc1ccc(C)cc1C. The van der Waals surface area contributed by atoms with Gasteiger partial charge < -0.3 is 14.2 Å². The maximum atomic E-state index is 12.1. The Hall–Kier alpha value is -3.26. The van der Waals surface area contributed by atoms with E-state index in [1.165, 1.54) is 19.2 Å². The van der Waals surface area contributed by atoms with Crippen LogP contribution in [0.1, 0.15) is 21.5 Å². The van der Waals surface area contributed by atoms with E-state index in [1.807, 2.05) is 26.0 Å². The molecule has 9 heteroatoms. The number of hydrogen-bond acceptors (Lipinski definition) is 6. The van der Waals surface area contributed by atoms with Crippen LogP contribution in [0.4, 0.5) is 0 Å². The van der Waals surface area contributed by atoms with E-state index in [9.17, 15) is 14.4 Å². The molecule has 8 nitrogen and oxygen atoms in total. The highest BCUT2D eigenvalue weighted by atomic mass is 35.5. The van der Waals surface area contributed by atoms with Crippen LogP contribution in [0, 0.1) is 13.8 Å². The van der Waals surface area contributed by atoms with Gasteiger partial charge in [-0.15, -0.1) is 0 Å². The standard InChI is InChI=1S/C20H21ClN2O6/c1-12-4-6-16(13(2)8-12)28-11-19(25)29-10-18(24)22-23-20(26)15-9-14(21)5-7-17(15)27-3/h4-9H,10-11H2,1-3H3,(H,22,24)(H,23,26). The average molecular weight is 421 g/mol. The number of carbonyl (C=O) groups excluding carboxylic acids is 3. The molecule has 2 aromatic rings. The van der Waals surface area contributed by atoms with E-state index < -0.39 is 24.4 Å². The summed E-state index contributed by atoms with van der Waals surface area (Å²) in [5.41, 5.74) is 6.43. The van der Waals surface area contributed by atoms with Crippen LogP contribution in [0.25, 0.3) is 0 Å². The van der Waals surface area contributed by atoms with Crippen molar-refractivity contribution in [3.8, 4) is 11.5 Å². The smallest absolute Gasteiger partial charge is 0.344 e. The van der Waals surface area contributed by atoms with E-state index in [4.69, 9.17) is 25.8 Å². The average Bonchev–Trinajstić information content (AvgIpc) is 2.69. The predicted molar refractivity (Wildman–Crippen MR) is 106 cm³/mol. The van der Waals surface area contributed by atoms with Gasteiger partial charge in [-0.25, -0.2) is 4.79 Å². The summed E-state index contributed by atoms with van der Waals surface area (Å²) in [5.74, 6) is -1.24. The first-order chi connectivity index (χ1) is 13.8. The molecule has 0 saturated heterocycles. The van der Waals surface area contributed by atoms with Crippen LogP contribution in [0.3, 0.4) is 0 Å². The third kappa shape index (κ3) is 6.69. The molecule has 0 unspecified atom stereocenters. The number of esters is 1. The Bertz CT molecular complexity index is 916. The molecule has 0 bridgehead atoms. The molecule has 0 aliphatic heterocycles. The normalized spacial score (nSPS) is 10.1. The van der Waals surface area contributed by atoms with Crippen molar-refractivity contribution >= 4 is 29.4 Å². The lowest BCUT2D eigenvalue weighted by Gasteiger charge is -2.11. The number of carbonyl (C=O) groups is 3. The van der Waals surface area contributed by atoms with Crippen molar-refractivity contribution in [2.45, 2.75) is 13.8 Å². The fraction of sp³-hybridized carbons (Fsp3) is 0.250. The van der Waals surface area contributed by atoms with Crippen molar-refractivity contribution in [1.29, 1.82) is 0 Å². The van der Waals surface area contributed by atoms with Crippen molar-refractivity contribution in [1.82, 2.24) is 10.9 Å². The largest absolute Gasteiger partial charge is 0.496 e. The van der Waals surface area contributed by atoms with Gasteiger partial charge >= 0.3 is 5.97 Å². The highest BCUT2D eigenvalue weighted by Crippen LogP contribution is 2.22. The molecule has 0 heterocycles. The molecule has 2 rings (SSSR count). The van der Waals surface area contributed by atoms with Crippen LogP contribution in [0.2, 0.25) is 5.02 Å². The van der Waals surface area contributed by atoms with Gasteiger partial charge in [-0.2, -0.15) is 0 Å². The van der Waals surface area contributed by atoms with E-state index in [0.717, 1.165) is 11.1 Å². The summed E-state index contributed by atoms with van der Waals surface area (Å²) in [4.78, 5) is 35.6. The maximum absolute atomic E-state index is 12.1. The molecule has 29 heavy (non-hydrogen) atoms. The van der Waals surface area contributed by atoms with Gasteiger partial charge in [0.2, 0.25) is 0 Å². The summed E-state index contributed by atoms with van der Waals surface area (Å²) in [6, 6.07) is 10.0. The lowest BCUT2D eigenvalue weighted by Crippen LogP contribution is -2.43. The molecule has 0 fully saturated rings. The number of ether oxygens (including phenoxy) is 3. The molecule has 0 radical (unpaired) electrons. The van der Waals surface area contributed by atoms with Gasteiger partial charge in [0, 0.05) is 5.02 Å². The van der Waals surface area contributed by atoms with Gasteiger partial charge in [-0.1, -0.05) is 29.3 Å². The van der Waals surface area contributed by atoms with Crippen molar-refractivity contribution in [2.75, 3.05) is 20.3 Å². The number of hydrogen-bond donors (Lipinski definition) is 2. The van der Waals surface area contributed by atoms with Crippen molar-refractivity contribution in [3.05, 3.63) is 58.1 Å². The summed E-state index contributed by atoms with van der Waals surface area (Å²) >= 11 is 5.86. The zero-order valence-corrected chi connectivity index (χ0v) is 17.0. The van der Waals surface area contributed by atoms with Gasteiger partial charge in [-0.3, -0.25) is 20.4 Å². The van der Waals surface area contributed by atoms with Gasteiger partial charge in [0.15, 0.2) is 13.2 Å². The molecule has 2 aromatic carbocycles. The first kappa shape index (κ1) is 22.0. The molecule has 2 amide bonds. The zero-order chi connectivity index (χ0) is 21.4. The monoisotopic (exact) mass is 420 g/mol. The highest BCUT2D eigenvalue weighted by molar-refractivity contribution is 6.31. The minimum atomic E-state index is -0.723. The van der Waals surface area contributed by atoms with Gasteiger partial charge in [-0.05, 0) is 43.7 Å². The number of aryl methyl sites for hydroxylation is 2. The summed E-state index contributed by atoms with van der Waals surface area (Å²) < 4.78 is 15.3. The van der Waals surface area contributed by atoms with E-state index >= 15 is 0 Å². The molecule has 0 aromatic heterocycles. The van der Waals surface area contributed by atoms with E-state index in [0.29, 0.717) is 10.8 Å². The molecule has 0 spiro atoms. The Balaban J connectivity index is 1.76. The molecule has 2 N–H and O–H groups in total. The van der Waals surface area contributed by atoms with Crippen molar-refractivity contribution < 1.29 is 28.6 Å². The summed E-state index contributed by atoms with van der Waals surface area (Å²) in [5, 5.41) is 0.333. The predicted octanol–water partition coefficient (Wildman–Crippen LogP) is 2.35. The Kier molecular flexibility index (Phi) is 7.85. The second-order valence-corrected chi connectivity index (χ2v) is 6.50.